The molecule has 0 saturated carbocycles. The summed E-state index contributed by atoms with van der Waals surface area (Å²) in [6.07, 6.45) is 4.93. The molecule has 0 aromatic heterocycles. The minimum absolute atomic E-state index is 0.0842. The Balaban J connectivity index is 1.27. The third-order valence-corrected chi connectivity index (χ3v) is 8.03. The molecule has 2 aliphatic heterocycles. The van der Waals surface area contributed by atoms with Crippen molar-refractivity contribution in [1.29, 1.82) is 0 Å². The van der Waals surface area contributed by atoms with E-state index in [1.807, 2.05) is 42.5 Å². The van der Waals surface area contributed by atoms with E-state index in [9.17, 15) is 13.2 Å². The van der Waals surface area contributed by atoms with Gasteiger partial charge < -0.3 is 9.64 Å². The van der Waals surface area contributed by atoms with E-state index in [2.05, 4.69) is 0 Å². The number of hydrogen-bond donors (Lipinski definition) is 0. The van der Waals surface area contributed by atoms with Crippen molar-refractivity contribution in [2.24, 2.45) is 0 Å². The topological polar surface area (TPSA) is 66.9 Å². The van der Waals surface area contributed by atoms with Crippen LogP contribution in [0.25, 0.3) is 6.08 Å². The van der Waals surface area contributed by atoms with Gasteiger partial charge in [-0.3, -0.25) is 4.79 Å². The third-order valence-electron chi connectivity index (χ3n) is 6.14. The van der Waals surface area contributed by atoms with E-state index in [4.69, 9.17) is 4.74 Å². The molecule has 30 heavy (non-hydrogen) atoms. The Labute approximate surface area is 176 Å². The van der Waals surface area contributed by atoms with Crippen molar-refractivity contribution in [2.75, 3.05) is 32.8 Å². The summed E-state index contributed by atoms with van der Waals surface area (Å²) in [6.45, 7) is 1.60. The number of carbonyl (C=O) groups is 1. The highest BCUT2D eigenvalue weighted by molar-refractivity contribution is 7.89. The predicted molar refractivity (Wildman–Crippen MR) is 114 cm³/mol. The minimum atomic E-state index is -3.54. The van der Waals surface area contributed by atoms with Crippen LogP contribution in [0, 0.1) is 0 Å². The van der Waals surface area contributed by atoms with Gasteiger partial charge in [-0.2, -0.15) is 4.31 Å². The smallest absolute Gasteiger partial charge is 0.253 e. The van der Waals surface area contributed by atoms with Gasteiger partial charge in [-0.15, -0.1) is 0 Å². The maximum atomic E-state index is 13.1. The summed E-state index contributed by atoms with van der Waals surface area (Å²) in [6, 6.07) is 13.1. The summed E-state index contributed by atoms with van der Waals surface area (Å²) in [5.41, 5.74) is 3.90. The lowest BCUT2D eigenvalue weighted by Gasteiger charge is -2.35. The molecule has 2 aromatic rings. The Bertz CT molecular complexity index is 1130. The van der Waals surface area contributed by atoms with E-state index in [1.54, 1.807) is 11.0 Å². The highest BCUT2D eigenvalue weighted by Crippen LogP contribution is 2.28. The number of piperazine rings is 1. The molecule has 0 radical (unpaired) electrons. The molecule has 0 unspecified atom stereocenters. The van der Waals surface area contributed by atoms with Gasteiger partial charge in [0.2, 0.25) is 10.0 Å². The molecule has 2 aromatic carbocycles. The van der Waals surface area contributed by atoms with Crippen molar-refractivity contribution in [2.45, 2.75) is 24.2 Å². The van der Waals surface area contributed by atoms with Crippen molar-refractivity contribution in [1.82, 2.24) is 9.21 Å². The number of aryl methyl sites for hydroxylation is 2. The van der Waals surface area contributed by atoms with E-state index in [0.29, 0.717) is 36.6 Å². The number of carbonyl (C=O) groups excluding carboxylic acids is 1. The molecule has 5 rings (SSSR count). The molecule has 1 amide bonds. The second kappa shape index (κ2) is 7.56. The van der Waals surface area contributed by atoms with Crippen LogP contribution in [0.2, 0.25) is 0 Å². The zero-order valence-corrected chi connectivity index (χ0v) is 17.5. The van der Waals surface area contributed by atoms with Crippen LogP contribution in [0.1, 0.15) is 23.1 Å². The van der Waals surface area contributed by atoms with Crippen LogP contribution in [0.5, 0.6) is 5.75 Å². The van der Waals surface area contributed by atoms with E-state index < -0.39 is 10.0 Å². The average Bonchev–Trinajstić information content (AvgIpc) is 3.26. The van der Waals surface area contributed by atoms with Crippen LogP contribution in [-0.4, -0.2) is 56.3 Å². The number of nitrogens with zero attached hydrogens (tertiary/aromatic N) is 2. The van der Waals surface area contributed by atoms with Gasteiger partial charge in [0.05, 0.1) is 10.5 Å². The number of hydrogen-bond acceptors (Lipinski definition) is 4. The quantitative estimate of drug-likeness (QED) is 0.759. The first-order chi connectivity index (χ1) is 14.5. The Morgan fingerprint density at radius 1 is 0.933 bits per heavy atom. The zero-order chi connectivity index (χ0) is 20.7. The monoisotopic (exact) mass is 424 g/mol. The van der Waals surface area contributed by atoms with Gasteiger partial charge in [-0.1, -0.05) is 24.3 Å². The highest BCUT2D eigenvalue weighted by atomic mass is 32.2. The van der Waals surface area contributed by atoms with Crippen LogP contribution in [-0.2, 0) is 27.7 Å². The molecule has 1 fully saturated rings. The molecule has 7 heteroatoms. The van der Waals surface area contributed by atoms with Crippen LogP contribution < -0.4 is 4.74 Å². The molecule has 156 valence electrons. The van der Waals surface area contributed by atoms with Crippen LogP contribution in [0.3, 0.4) is 0 Å². The van der Waals surface area contributed by atoms with Gasteiger partial charge in [-0.25, -0.2) is 8.42 Å². The zero-order valence-electron chi connectivity index (χ0n) is 16.7. The number of sulfonamides is 1. The number of fused-ring (bicyclic) bond motifs is 2. The fourth-order valence-electron chi connectivity index (χ4n) is 4.43. The standard InChI is InChI=1S/C23H24N2O4S/c26-23(20-14-19-4-1-2-7-22(19)29-16-20)24-10-12-25(13-11-24)30(27,28)21-9-8-17-5-3-6-18(17)15-21/h1-2,4,7-9,14-15H,3,5-6,10-13,16H2. The first-order valence-corrected chi connectivity index (χ1v) is 11.8. The second-order valence-electron chi connectivity index (χ2n) is 7.98. The van der Waals surface area contributed by atoms with Gasteiger partial charge in [0, 0.05) is 31.7 Å². The van der Waals surface area contributed by atoms with E-state index in [1.165, 1.54) is 9.87 Å². The largest absolute Gasteiger partial charge is 0.488 e. The van der Waals surface area contributed by atoms with Gasteiger partial charge in [0.15, 0.2) is 0 Å². The number of ether oxygens (including phenoxy) is 1. The first kappa shape index (κ1) is 19.3. The van der Waals surface area contributed by atoms with Crippen LogP contribution in [0.4, 0.5) is 0 Å². The molecule has 0 spiro atoms. The SMILES string of the molecule is O=C(C1=Cc2ccccc2OC1)N1CCN(S(=O)(=O)c2ccc3c(c2)CCC3)CC1. The summed E-state index contributed by atoms with van der Waals surface area (Å²) >= 11 is 0. The van der Waals surface area contributed by atoms with Crippen LogP contribution in [0.15, 0.2) is 52.9 Å². The molecule has 2 heterocycles. The fraction of sp³-hybridized carbons (Fsp3) is 0.348. The Morgan fingerprint density at radius 2 is 1.70 bits per heavy atom. The summed E-state index contributed by atoms with van der Waals surface area (Å²) in [4.78, 5) is 15.0. The Morgan fingerprint density at radius 3 is 2.53 bits per heavy atom. The predicted octanol–water partition coefficient (Wildman–Crippen LogP) is 2.48. The summed E-state index contributed by atoms with van der Waals surface area (Å²) in [5.74, 6) is 0.693. The van der Waals surface area contributed by atoms with Crippen molar-refractivity contribution in [3.05, 3.63) is 64.7 Å². The van der Waals surface area contributed by atoms with Crippen molar-refractivity contribution in [3.63, 3.8) is 0 Å². The second-order valence-corrected chi connectivity index (χ2v) is 9.91. The Hall–Kier alpha value is -2.64. The van der Waals surface area contributed by atoms with Crippen molar-refractivity contribution < 1.29 is 17.9 Å². The van der Waals surface area contributed by atoms with Crippen molar-refractivity contribution in [3.8, 4) is 5.75 Å². The summed E-state index contributed by atoms with van der Waals surface area (Å²) in [5, 5.41) is 0. The maximum absolute atomic E-state index is 13.1. The van der Waals surface area contributed by atoms with Gasteiger partial charge >= 0.3 is 0 Å². The normalized spacial score (nSPS) is 18.9. The molecule has 6 nitrogen and oxygen atoms in total. The van der Waals surface area contributed by atoms with Gasteiger partial charge in [0.25, 0.3) is 5.91 Å². The number of rotatable bonds is 3. The number of para-hydroxylation sites is 1. The van der Waals surface area contributed by atoms with Crippen molar-refractivity contribution >= 4 is 22.0 Å². The van der Waals surface area contributed by atoms with Gasteiger partial charge in [0.1, 0.15) is 12.4 Å². The van der Waals surface area contributed by atoms with E-state index in [0.717, 1.165) is 36.1 Å². The molecule has 1 aliphatic carbocycles. The lowest BCUT2D eigenvalue weighted by atomic mass is 10.1. The number of amides is 1. The van der Waals surface area contributed by atoms with Gasteiger partial charge in [-0.05, 0) is 54.7 Å². The molecular formula is C23H24N2O4S. The van der Waals surface area contributed by atoms with Crippen LogP contribution >= 0.6 is 0 Å². The molecule has 0 bridgehead atoms. The highest BCUT2D eigenvalue weighted by Gasteiger charge is 2.32. The molecular weight excluding hydrogens is 400 g/mol. The fourth-order valence-corrected chi connectivity index (χ4v) is 5.91. The molecule has 0 atom stereocenters. The molecule has 3 aliphatic rings. The average molecular weight is 425 g/mol. The van der Waals surface area contributed by atoms with E-state index in [-0.39, 0.29) is 12.5 Å². The first-order valence-electron chi connectivity index (χ1n) is 10.4. The summed E-state index contributed by atoms with van der Waals surface area (Å²) in [7, 11) is -3.54. The molecule has 0 N–H and O–H groups in total. The lowest BCUT2D eigenvalue weighted by molar-refractivity contribution is -0.128. The number of benzene rings is 2. The third kappa shape index (κ3) is 3.42. The Kier molecular flexibility index (Phi) is 4.87. The van der Waals surface area contributed by atoms with E-state index >= 15 is 0 Å². The maximum Gasteiger partial charge on any atom is 0.253 e. The summed E-state index contributed by atoms with van der Waals surface area (Å²) < 4.78 is 33.4. The molecule has 1 saturated heterocycles. The minimum Gasteiger partial charge on any atom is -0.488 e. The lowest BCUT2D eigenvalue weighted by Crippen LogP contribution is -2.51.